The molecule has 2 heterocycles. The fraction of sp³-hybridized carbons (Fsp3) is 0.462. The molecule has 21 heavy (non-hydrogen) atoms. The van der Waals surface area contributed by atoms with Crippen molar-refractivity contribution >= 4 is 17.7 Å². The molecule has 0 saturated carbocycles. The topological polar surface area (TPSA) is 110 Å². The predicted molar refractivity (Wildman–Crippen MR) is 73.4 cm³/mol. The number of carbonyl (C=O) groups is 2. The Morgan fingerprint density at radius 2 is 2.10 bits per heavy atom. The van der Waals surface area contributed by atoms with E-state index >= 15 is 0 Å². The van der Waals surface area contributed by atoms with Crippen LogP contribution in [0.25, 0.3) is 0 Å². The van der Waals surface area contributed by atoms with Crippen molar-refractivity contribution in [1.29, 1.82) is 0 Å². The molecule has 8 heteroatoms. The fourth-order valence-electron chi connectivity index (χ4n) is 2.07. The maximum absolute atomic E-state index is 12.0. The first-order valence-electron chi connectivity index (χ1n) is 6.46. The van der Waals surface area contributed by atoms with Gasteiger partial charge in [-0.25, -0.2) is 14.6 Å². The lowest BCUT2D eigenvalue weighted by atomic mass is 9.90. The van der Waals surface area contributed by atoms with E-state index in [2.05, 4.69) is 15.6 Å². The van der Waals surface area contributed by atoms with Gasteiger partial charge in [0.05, 0.1) is 19.0 Å². The fourth-order valence-corrected chi connectivity index (χ4v) is 2.07. The monoisotopic (exact) mass is 295 g/mol. The van der Waals surface area contributed by atoms with Gasteiger partial charge >= 0.3 is 12.0 Å². The number of ether oxygens (including phenoxy) is 2. The Kier molecular flexibility index (Phi) is 4.59. The van der Waals surface area contributed by atoms with Crippen LogP contribution in [-0.4, -0.2) is 48.0 Å². The average Bonchev–Trinajstić information content (AvgIpc) is 2.48. The number of pyridine rings is 1. The van der Waals surface area contributed by atoms with Crippen LogP contribution in [0.1, 0.15) is 12.8 Å². The Morgan fingerprint density at radius 1 is 1.38 bits per heavy atom. The van der Waals surface area contributed by atoms with Crippen LogP contribution in [0.4, 0.5) is 10.5 Å². The van der Waals surface area contributed by atoms with Gasteiger partial charge in [-0.3, -0.25) is 0 Å². The number of rotatable bonds is 4. The van der Waals surface area contributed by atoms with Crippen molar-refractivity contribution in [1.82, 2.24) is 10.3 Å². The summed E-state index contributed by atoms with van der Waals surface area (Å²) in [6, 6.07) is 2.62. The van der Waals surface area contributed by atoms with Crippen LogP contribution >= 0.6 is 0 Å². The molecule has 2 amide bonds. The van der Waals surface area contributed by atoms with E-state index in [-0.39, 0.29) is 12.8 Å². The Bertz CT molecular complexity index is 511. The maximum Gasteiger partial charge on any atom is 0.329 e. The van der Waals surface area contributed by atoms with Crippen LogP contribution in [0.3, 0.4) is 0 Å². The number of aliphatic carboxylic acids is 1. The second-order valence-corrected chi connectivity index (χ2v) is 4.67. The van der Waals surface area contributed by atoms with Crippen LogP contribution in [0.5, 0.6) is 5.88 Å². The maximum atomic E-state index is 12.0. The molecule has 0 radical (unpaired) electrons. The molecule has 2 rings (SSSR count). The molecule has 1 aliphatic rings. The number of aromatic nitrogens is 1. The standard InChI is InChI=1S/C13H17N3O5/c1-20-10-3-2-9(8-14-10)15-12(19)16-13(11(17)18)4-6-21-7-5-13/h2-3,8H,4-7H2,1H3,(H,17,18)(H2,15,16,19). The van der Waals surface area contributed by atoms with Crippen molar-refractivity contribution in [2.24, 2.45) is 0 Å². The van der Waals surface area contributed by atoms with Crippen molar-refractivity contribution in [3.63, 3.8) is 0 Å². The third-order valence-electron chi connectivity index (χ3n) is 3.31. The number of amides is 2. The van der Waals surface area contributed by atoms with Gasteiger partial charge in [-0.2, -0.15) is 0 Å². The normalized spacial score (nSPS) is 16.8. The quantitative estimate of drug-likeness (QED) is 0.759. The SMILES string of the molecule is COc1ccc(NC(=O)NC2(C(=O)O)CCOCC2)cn1. The smallest absolute Gasteiger partial charge is 0.329 e. The van der Waals surface area contributed by atoms with Crippen LogP contribution in [-0.2, 0) is 9.53 Å². The number of carbonyl (C=O) groups excluding carboxylic acids is 1. The lowest BCUT2D eigenvalue weighted by molar-refractivity contribution is -0.148. The number of nitrogens with one attached hydrogen (secondary N) is 2. The molecule has 0 aliphatic carbocycles. The van der Waals surface area contributed by atoms with Gasteiger partial charge in [0.1, 0.15) is 5.54 Å². The molecule has 1 saturated heterocycles. The summed E-state index contributed by atoms with van der Waals surface area (Å²) in [5, 5.41) is 14.4. The summed E-state index contributed by atoms with van der Waals surface area (Å²) >= 11 is 0. The number of hydrogen-bond donors (Lipinski definition) is 3. The Morgan fingerprint density at radius 3 is 2.62 bits per heavy atom. The van der Waals surface area contributed by atoms with E-state index in [0.717, 1.165) is 0 Å². The van der Waals surface area contributed by atoms with E-state index < -0.39 is 17.5 Å². The Labute approximate surface area is 121 Å². The highest BCUT2D eigenvalue weighted by Crippen LogP contribution is 2.21. The number of hydrogen-bond acceptors (Lipinski definition) is 5. The van der Waals surface area contributed by atoms with Crippen LogP contribution in [0.2, 0.25) is 0 Å². The zero-order valence-corrected chi connectivity index (χ0v) is 11.6. The molecule has 114 valence electrons. The van der Waals surface area contributed by atoms with E-state index in [0.29, 0.717) is 24.8 Å². The third kappa shape index (κ3) is 3.60. The van der Waals surface area contributed by atoms with Gasteiger partial charge in [-0.15, -0.1) is 0 Å². The largest absolute Gasteiger partial charge is 0.481 e. The Balaban J connectivity index is 2.00. The molecule has 0 unspecified atom stereocenters. The highest BCUT2D eigenvalue weighted by molar-refractivity contribution is 5.93. The van der Waals surface area contributed by atoms with E-state index in [9.17, 15) is 14.7 Å². The van der Waals surface area contributed by atoms with Crippen molar-refractivity contribution in [2.45, 2.75) is 18.4 Å². The summed E-state index contributed by atoms with van der Waals surface area (Å²) in [6.07, 6.45) is 1.89. The highest BCUT2D eigenvalue weighted by Gasteiger charge is 2.41. The summed E-state index contributed by atoms with van der Waals surface area (Å²) in [5.41, 5.74) is -0.844. The van der Waals surface area contributed by atoms with Gasteiger partial charge in [0.25, 0.3) is 0 Å². The van der Waals surface area contributed by atoms with Gasteiger partial charge in [0.15, 0.2) is 0 Å². The number of carboxylic acid groups (broad SMARTS) is 1. The summed E-state index contributed by atoms with van der Waals surface area (Å²) < 4.78 is 10.1. The van der Waals surface area contributed by atoms with Crippen molar-refractivity contribution in [3.05, 3.63) is 18.3 Å². The Hall–Kier alpha value is -2.35. The second-order valence-electron chi connectivity index (χ2n) is 4.67. The number of urea groups is 1. The molecule has 1 aromatic heterocycles. The summed E-state index contributed by atoms with van der Waals surface area (Å²) in [5.74, 6) is -0.638. The zero-order chi connectivity index (χ0) is 15.3. The van der Waals surface area contributed by atoms with Gasteiger partial charge in [0, 0.05) is 32.1 Å². The minimum Gasteiger partial charge on any atom is -0.481 e. The van der Waals surface area contributed by atoms with Crippen molar-refractivity contribution in [3.8, 4) is 5.88 Å². The summed E-state index contributed by atoms with van der Waals surface area (Å²) in [4.78, 5) is 27.3. The first-order valence-corrected chi connectivity index (χ1v) is 6.46. The predicted octanol–water partition coefficient (Wildman–Crippen LogP) is 0.845. The minimum absolute atomic E-state index is 0.233. The molecule has 0 atom stereocenters. The second kappa shape index (κ2) is 6.40. The number of methoxy groups -OCH3 is 1. The van der Waals surface area contributed by atoms with E-state index in [1.54, 1.807) is 12.1 Å². The number of nitrogens with zero attached hydrogens (tertiary/aromatic N) is 1. The molecule has 3 N–H and O–H groups in total. The molecule has 1 aromatic rings. The van der Waals surface area contributed by atoms with Gasteiger partial charge < -0.3 is 25.2 Å². The van der Waals surface area contributed by atoms with Crippen LogP contribution in [0, 0.1) is 0 Å². The lowest BCUT2D eigenvalue weighted by Crippen LogP contribution is -2.58. The molecule has 1 aliphatic heterocycles. The zero-order valence-electron chi connectivity index (χ0n) is 11.6. The molecular formula is C13H17N3O5. The molecular weight excluding hydrogens is 278 g/mol. The summed E-state index contributed by atoms with van der Waals surface area (Å²) in [7, 11) is 1.49. The summed E-state index contributed by atoms with van der Waals surface area (Å²) in [6.45, 7) is 0.605. The first-order chi connectivity index (χ1) is 10.1. The molecule has 8 nitrogen and oxygen atoms in total. The first kappa shape index (κ1) is 15.0. The minimum atomic E-state index is -1.29. The molecule has 0 spiro atoms. The molecule has 0 aromatic carbocycles. The van der Waals surface area contributed by atoms with Gasteiger partial charge in [-0.05, 0) is 6.07 Å². The number of anilines is 1. The van der Waals surface area contributed by atoms with Gasteiger partial charge in [-0.1, -0.05) is 0 Å². The lowest BCUT2D eigenvalue weighted by Gasteiger charge is -2.33. The van der Waals surface area contributed by atoms with E-state index in [4.69, 9.17) is 9.47 Å². The van der Waals surface area contributed by atoms with Crippen LogP contribution in [0.15, 0.2) is 18.3 Å². The van der Waals surface area contributed by atoms with Crippen molar-refractivity contribution in [2.75, 3.05) is 25.6 Å². The molecule has 1 fully saturated rings. The van der Waals surface area contributed by atoms with E-state index in [1.807, 2.05) is 0 Å². The van der Waals surface area contributed by atoms with Gasteiger partial charge in [0.2, 0.25) is 5.88 Å². The average molecular weight is 295 g/mol. The number of carboxylic acids is 1. The molecule has 0 bridgehead atoms. The van der Waals surface area contributed by atoms with Crippen molar-refractivity contribution < 1.29 is 24.2 Å². The third-order valence-corrected chi connectivity index (χ3v) is 3.31. The highest BCUT2D eigenvalue weighted by atomic mass is 16.5. The van der Waals surface area contributed by atoms with E-state index in [1.165, 1.54) is 13.3 Å². The van der Waals surface area contributed by atoms with Crippen LogP contribution < -0.4 is 15.4 Å².